The molecule has 1 amide bonds. The van der Waals surface area contributed by atoms with E-state index in [1.54, 1.807) is 0 Å². The molecule has 0 radical (unpaired) electrons. The Hall–Kier alpha value is -0.890. The molecule has 0 saturated carbocycles. The van der Waals surface area contributed by atoms with Gasteiger partial charge in [0.15, 0.2) is 6.29 Å². The van der Waals surface area contributed by atoms with Gasteiger partial charge < -0.3 is 50.5 Å². The highest BCUT2D eigenvalue weighted by Gasteiger charge is 2.44. The normalized spacial score (nSPS) is 25.0. The Labute approximate surface area is 265 Å². The number of aliphatic hydroxyl groups is 7. The summed E-state index contributed by atoms with van der Waals surface area (Å²) in [4.78, 5) is 12.8. The van der Waals surface area contributed by atoms with Gasteiger partial charge in [-0.25, -0.2) is 0 Å². The highest BCUT2D eigenvalue weighted by molar-refractivity contribution is 5.80. The van der Waals surface area contributed by atoms with Crippen LogP contribution in [0.1, 0.15) is 136 Å². The van der Waals surface area contributed by atoms with Crippen LogP contribution in [0.3, 0.4) is 0 Å². The number of carbonyl (C=O) groups is 1. The molecule has 1 saturated heterocycles. The molecule has 262 valence electrons. The van der Waals surface area contributed by atoms with E-state index in [4.69, 9.17) is 9.47 Å². The first-order chi connectivity index (χ1) is 21.2. The average Bonchev–Trinajstić information content (AvgIpc) is 3.02. The van der Waals surface area contributed by atoms with Crippen molar-refractivity contribution in [3.05, 3.63) is 0 Å². The first-order valence-corrected chi connectivity index (χ1v) is 17.4. The first kappa shape index (κ1) is 41.1. The second-order valence-electron chi connectivity index (χ2n) is 12.6. The van der Waals surface area contributed by atoms with Crippen LogP contribution in [0.5, 0.6) is 0 Å². The van der Waals surface area contributed by atoms with E-state index in [0.717, 1.165) is 38.5 Å². The van der Waals surface area contributed by atoms with Gasteiger partial charge in [0.25, 0.3) is 0 Å². The van der Waals surface area contributed by atoms with Gasteiger partial charge in [0.2, 0.25) is 5.91 Å². The van der Waals surface area contributed by atoms with Crippen LogP contribution in [0.2, 0.25) is 0 Å². The number of carbonyl (C=O) groups excluding carboxylic acids is 1. The number of aliphatic hydroxyl groups excluding tert-OH is 7. The zero-order valence-electron chi connectivity index (χ0n) is 27.4. The van der Waals surface area contributed by atoms with E-state index in [2.05, 4.69) is 19.2 Å². The predicted molar refractivity (Wildman–Crippen MR) is 169 cm³/mol. The third-order valence-electron chi connectivity index (χ3n) is 8.66. The van der Waals surface area contributed by atoms with Crippen molar-refractivity contribution in [2.24, 2.45) is 0 Å². The molecular weight excluding hydrogens is 570 g/mol. The molecule has 0 aromatic heterocycles. The monoisotopic (exact) mass is 635 g/mol. The fraction of sp³-hybridized carbons (Fsp3) is 0.970. The van der Waals surface area contributed by atoms with Gasteiger partial charge in [-0.3, -0.25) is 4.79 Å². The van der Waals surface area contributed by atoms with E-state index >= 15 is 0 Å². The standard InChI is InChI=1S/C33H65NO10/c1-3-5-7-9-10-11-12-13-14-15-16-17-19-21-26(37)32(42)34-24(28(38)25(36)20-18-8-6-4-2)23-43-33-31(41)30(40)29(39)27(22-35)44-33/h24-31,33,35-41H,3-23H2,1-2H3,(H,34,42). The summed E-state index contributed by atoms with van der Waals surface area (Å²) in [5, 5.41) is 74.3. The summed E-state index contributed by atoms with van der Waals surface area (Å²) < 4.78 is 10.9. The highest BCUT2D eigenvalue weighted by atomic mass is 16.7. The molecule has 0 aliphatic carbocycles. The fourth-order valence-electron chi connectivity index (χ4n) is 5.61. The topological polar surface area (TPSA) is 189 Å². The minimum absolute atomic E-state index is 0.263. The Bertz CT molecular complexity index is 699. The van der Waals surface area contributed by atoms with E-state index in [0.29, 0.717) is 19.3 Å². The molecule has 0 bridgehead atoms. The zero-order chi connectivity index (χ0) is 32.7. The van der Waals surface area contributed by atoms with E-state index in [9.17, 15) is 40.5 Å². The van der Waals surface area contributed by atoms with Crippen LogP contribution in [0.15, 0.2) is 0 Å². The van der Waals surface area contributed by atoms with Crippen molar-refractivity contribution in [3.63, 3.8) is 0 Å². The summed E-state index contributed by atoms with van der Waals surface area (Å²) in [6, 6.07) is -1.16. The van der Waals surface area contributed by atoms with Crippen molar-refractivity contribution in [3.8, 4) is 0 Å². The van der Waals surface area contributed by atoms with Gasteiger partial charge >= 0.3 is 0 Å². The van der Waals surface area contributed by atoms with E-state index in [1.807, 2.05) is 0 Å². The zero-order valence-corrected chi connectivity index (χ0v) is 27.4. The second kappa shape index (κ2) is 25.2. The van der Waals surface area contributed by atoms with E-state index in [1.165, 1.54) is 57.8 Å². The summed E-state index contributed by atoms with van der Waals surface area (Å²) in [6.07, 6.45) is 8.18. The molecule has 1 heterocycles. The molecule has 9 atom stereocenters. The fourth-order valence-corrected chi connectivity index (χ4v) is 5.61. The quantitative estimate of drug-likeness (QED) is 0.0623. The Balaban J connectivity index is 2.52. The Kier molecular flexibility index (Phi) is 23.6. The van der Waals surface area contributed by atoms with Gasteiger partial charge in [-0.15, -0.1) is 0 Å². The maximum absolute atomic E-state index is 12.8. The lowest BCUT2D eigenvalue weighted by Gasteiger charge is -2.40. The smallest absolute Gasteiger partial charge is 0.249 e. The third kappa shape index (κ3) is 16.6. The molecule has 11 heteroatoms. The van der Waals surface area contributed by atoms with Gasteiger partial charge in [-0.1, -0.05) is 123 Å². The van der Waals surface area contributed by atoms with Gasteiger partial charge in [-0.05, 0) is 12.8 Å². The van der Waals surface area contributed by atoms with Crippen LogP contribution in [-0.4, -0.2) is 110 Å². The number of unbranched alkanes of at least 4 members (excludes halogenated alkanes) is 15. The lowest BCUT2D eigenvalue weighted by molar-refractivity contribution is -0.303. The average molecular weight is 636 g/mol. The Morgan fingerprint density at radius 2 is 1.18 bits per heavy atom. The third-order valence-corrected chi connectivity index (χ3v) is 8.66. The molecule has 1 fully saturated rings. The van der Waals surface area contributed by atoms with Crippen LogP contribution >= 0.6 is 0 Å². The molecule has 44 heavy (non-hydrogen) atoms. The van der Waals surface area contributed by atoms with Crippen molar-refractivity contribution in [2.45, 2.75) is 191 Å². The first-order valence-electron chi connectivity index (χ1n) is 17.4. The number of hydrogen-bond donors (Lipinski definition) is 8. The maximum atomic E-state index is 12.8. The van der Waals surface area contributed by atoms with Crippen molar-refractivity contribution >= 4 is 5.91 Å². The minimum atomic E-state index is -1.65. The number of rotatable bonds is 27. The van der Waals surface area contributed by atoms with Gasteiger partial charge in [-0.2, -0.15) is 0 Å². The van der Waals surface area contributed by atoms with Crippen LogP contribution < -0.4 is 5.32 Å². The van der Waals surface area contributed by atoms with E-state index < -0.39 is 74.2 Å². The summed E-state index contributed by atoms with van der Waals surface area (Å²) >= 11 is 0. The molecule has 11 nitrogen and oxygen atoms in total. The number of hydrogen-bond acceptors (Lipinski definition) is 10. The molecule has 1 aliphatic rings. The lowest BCUT2D eigenvalue weighted by atomic mass is 9.98. The molecule has 1 rings (SSSR count). The lowest BCUT2D eigenvalue weighted by Crippen LogP contribution is -2.60. The number of ether oxygens (including phenoxy) is 2. The Morgan fingerprint density at radius 3 is 1.70 bits per heavy atom. The van der Waals surface area contributed by atoms with Crippen molar-refractivity contribution in [1.29, 1.82) is 0 Å². The predicted octanol–water partition coefficient (Wildman–Crippen LogP) is 2.82. The van der Waals surface area contributed by atoms with E-state index in [-0.39, 0.29) is 6.42 Å². The molecule has 0 spiro atoms. The van der Waals surface area contributed by atoms with Crippen molar-refractivity contribution < 1.29 is 50.0 Å². The van der Waals surface area contributed by atoms with Crippen LogP contribution in [0.4, 0.5) is 0 Å². The summed E-state index contributed by atoms with van der Waals surface area (Å²) in [7, 11) is 0. The molecule has 0 aromatic rings. The SMILES string of the molecule is CCCCCCCCCCCCCCCC(O)C(=O)NC(COC1OC(CO)C(O)C(O)C1O)C(O)C(O)CCCCCC. The summed E-state index contributed by atoms with van der Waals surface area (Å²) in [5.41, 5.74) is 0. The molecule has 0 aromatic carbocycles. The van der Waals surface area contributed by atoms with Crippen molar-refractivity contribution in [2.75, 3.05) is 13.2 Å². The second-order valence-corrected chi connectivity index (χ2v) is 12.6. The number of nitrogens with one attached hydrogen (secondary N) is 1. The molecule has 8 N–H and O–H groups in total. The summed E-state index contributed by atoms with van der Waals surface area (Å²) in [5.74, 6) is -0.705. The molecule has 1 aliphatic heterocycles. The van der Waals surface area contributed by atoms with Crippen LogP contribution in [-0.2, 0) is 14.3 Å². The largest absolute Gasteiger partial charge is 0.394 e. The Morgan fingerprint density at radius 1 is 0.705 bits per heavy atom. The van der Waals surface area contributed by atoms with Crippen molar-refractivity contribution in [1.82, 2.24) is 5.32 Å². The maximum Gasteiger partial charge on any atom is 0.249 e. The minimum Gasteiger partial charge on any atom is -0.394 e. The molecular formula is C33H65NO10. The number of amides is 1. The van der Waals surface area contributed by atoms with Crippen LogP contribution in [0, 0.1) is 0 Å². The van der Waals surface area contributed by atoms with Gasteiger partial charge in [0, 0.05) is 0 Å². The van der Waals surface area contributed by atoms with Crippen LogP contribution in [0.25, 0.3) is 0 Å². The molecule has 9 unspecified atom stereocenters. The van der Waals surface area contributed by atoms with Gasteiger partial charge in [0.05, 0.1) is 25.4 Å². The highest BCUT2D eigenvalue weighted by Crippen LogP contribution is 2.23. The van der Waals surface area contributed by atoms with Gasteiger partial charge in [0.1, 0.15) is 36.6 Å². The summed E-state index contributed by atoms with van der Waals surface area (Å²) in [6.45, 7) is 3.24.